The van der Waals surface area contributed by atoms with Gasteiger partial charge in [-0.15, -0.1) is 23.5 Å². The Morgan fingerprint density at radius 2 is 2.21 bits per heavy atom. The highest BCUT2D eigenvalue weighted by Gasteiger charge is 2.34. The molecule has 1 aliphatic rings. The predicted octanol–water partition coefficient (Wildman–Crippen LogP) is 2.40. The minimum Gasteiger partial charge on any atom is -0.480 e. The maximum Gasteiger partial charge on any atom is 0.327 e. The first-order chi connectivity index (χ1) is 9.13. The number of urea groups is 1. The predicted molar refractivity (Wildman–Crippen MR) is 77.8 cm³/mol. The van der Waals surface area contributed by atoms with E-state index in [1.165, 1.54) is 28.4 Å². The van der Waals surface area contributed by atoms with Crippen LogP contribution in [0.25, 0.3) is 0 Å². The van der Waals surface area contributed by atoms with Gasteiger partial charge in [-0.2, -0.15) is 0 Å². The van der Waals surface area contributed by atoms with Crippen LogP contribution in [0.1, 0.15) is 0 Å². The number of anilines is 1. The van der Waals surface area contributed by atoms with Crippen LogP contribution in [0.15, 0.2) is 29.2 Å². The topological polar surface area (TPSA) is 69.6 Å². The first-order valence-electron chi connectivity index (χ1n) is 5.64. The Morgan fingerprint density at radius 1 is 1.47 bits per heavy atom. The molecule has 2 rings (SSSR count). The van der Waals surface area contributed by atoms with Crippen molar-refractivity contribution in [3.05, 3.63) is 24.3 Å². The summed E-state index contributed by atoms with van der Waals surface area (Å²) in [4.78, 5) is 25.5. The SMILES string of the molecule is CSc1ccccc1NC(=O)N1CSCC1C(=O)O. The van der Waals surface area contributed by atoms with E-state index in [4.69, 9.17) is 5.11 Å². The van der Waals surface area contributed by atoms with E-state index in [9.17, 15) is 9.59 Å². The van der Waals surface area contributed by atoms with Gasteiger partial charge in [0.2, 0.25) is 0 Å². The molecule has 0 aromatic heterocycles. The van der Waals surface area contributed by atoms with Gasteiger partial charge in [-0.3, -0.25) is 0 Å². The van der Waals surface area contributed by atoms with E-state index in [-0.39, 0.29) is 6.03 Å². The number of carbonyl (C=O) groups excluding carboxylic acids is 1. The number of nitrogens with one attached hydrogen (secondary N) is 1. The van der Waals surface area contributed by atoms with E-state index in [0.29, 0.717) is 17.3 Å². The van der Waals surface area contributed by atoms with Crippen molar-refractivity contribution in [1.82, 2.24) is 4.90 Å². The average molecular weight is 298 g/mol. The minimum absolute atomic E-state index is 0.362. The van der Waals surface area contributed by atoms with Crippen molar-refractivity contribution >= 4 is 41.2 Å². The lowest BCUT2D eigenvalue weighted by atomic mass is 10.3. The number of hydrogen-bond acceptors (Lipinski definition) is 4. The van der Waals surface area contributed by atoms with Crippen molar-refractivity contribution in [2.24, 2.45) is 0 Å². The van der Waals surface area contributed by atoms with Crippen LogP contribution in [0.2, 0.25) is 0 Å². The summed E-state index contributed by atoms with van der Waals surface area (Å²) in [6.45, 7) is 0. The molecule has 102 valence electrons. The summed E-state index contributed by atoms with van der Waals surface area (Å²) in [5.41, 5.74) is 0.709. The Morgan fingerprint density at radius 3 is 2.89 bits per heavy atom. The number of amides is 2. The number of carboxylic acid groups (broad SMARTS) is 1. The largest absolute Gasteiger partial charge is 0.480 e. The van der Waals surface area contributed by atoms with Crippen molar-refractivity contribution in [3.8, 4) is 0 Å². The molecule has 2 amide bonds. The molecular formula is C12H14N2O3S2. The fourth-order valence-electron chi connectivity index (χ4n) is 1.78. The highest BCUT2D eigenvalue weighted by molar-refractivity contribution is 7.99. The zero-order valence-corrected chi connectivity index (χ0v) is 12.0. The molecule has 0 bridgehead atoms. The number of nitrogens with zero attached hydrogens (tertiary/aromatic N) is 1. The summed E-state index contributed by atoms with van der Waals surface area (Å²) in [5.74, 6) is -0.115. The monoisotopic (exact) mass is 298 g/mol. The molecule has 5 nitrogen and oxygen atoms in total. The molecule has 1 aromatic rings. The van der Waals surface area contributed by atoms with E-state index in [0.717, 1.165) is 4.90 Å². The van der Waals surface area contributed by atoms with E-state index in [2.05, 4.69) is 5.32 Å². The van der Waals surface area contributed by atoms with Crippen LogP contribution in [0, 0.1) is 0 Å². The van der Waals surface area contributed by atoms with Gasteiger partial charge < -0.3 is 15.3 Å². The first kappa shape index (κ1) is 14.1. The maximum absolute atomic E-state index is 12.1. The molecule has 2 N–H and O–H groups in total. The lowest BCUT2D eigenvalue weighted by molar-refractivity contribution is -0.140. The van der Waals surface area contributed by atoms with Gasteiger partial charge in [-0.25, -0.2) is 9.59 Å². The summed E-state index contributed by atoms with van der Waals surface area (Å²) >= 11 is 2.98. The molecule has 19 heavy (non-hydrogen) atoms. The maximum atomic E-state index is 12.1. The summed E-state index contributed by atoms with van der Waals surface area (Å²) in [7, 11) is 0. The van der Waals surface area contributed by atoms with Crippen molar-refractivity contribution in [2.75, 3.05) is 23.2 Å². The molecule has 1 heterocycles. The van der Waals surface area contributed by atoms with Gasteiger partial charge in [-0.05, 0) is 18.4 Å². The van der Waals surface area contributed by atoms with Crippen molar-refractivity contribution in [1.29, 1.82) is 0 Å². The van der Waals surface area contributed by atoms with Gasteiger partial charge in [0.25, 0.3) is 0 Å². The number of benzene rings is 1. The molecule has 0 spiro atoms. The molecule has 0 radical (unpaired) electrons. The summed E-state index contributed by atoms with van der Waals surface area (Å²) in [6.07, 6.45) is 1.93. The average Bonchev–Trinajstić information content (AvgIpc) is 2.88. The Balaban J connectivity index is 2.10. The molecule has 0 saturated carbocycles. The lowest BCUT2D eigenvalue weighted by Gasteiger charge is -2.21. The smallest absolute Gasteiger partial charge is 0.327 e. The second kappa shape index (κ2) is 6.21. The Bertz CT molecular complexity index is 496. The van der Waals surface area contributed by atoms with Crippen LogP contribution in [0.4, 0.5) is 10.5 Å². The normalized spacial score (nSPS) is 18.4. The van der Waals surface area contributed by atoms with Crippen LogP contribution in [0.3, 0.4) is 0 Å². The van der Waals surface area contributed by atoms with Gasteiger partial charge >= 0.3 is 12.0 Å². The van der Waals surface area contributed by atoms with Gasteiger partial charge in [0.1, 0.15) is 6.04 Å². The second-order valence-corrected chi connectivity index (χ2v) is 5.80. The van der Waals surface area contributed by atoms with Gasteiger partial charge in [0.15, 0.2) is 0 Å². The van der Waals surface area contributed by atoms with Crippen LogP contribution in [-0.4, -0.2) is 45.9 Å². The van der Waals surface area contributed by atoms with Gasteiger partial charge in [-0.1, -0.05) is 12.1 Å². The van der Waals surface area contributed by atoms with Crippen LogP contribution in [0.5, 0.6) is 0 Å². The van der Waals surface area contributed by atoms with Crippen molar-refractivity contribution in [2.45, 2.75) is 10.9 Å². The number of para-hydroxylation sites is 1. The molecule has 1 unspecified atom stereocenters. The van der Waals surface area contributed by atoms with Crippen LogP contribution >= 0.6 is 23.5 Å². The van der Waals surface area contributed by atoms with E-state index in [1.54, 1.807) is 0 Å². The standard InChI is InChI=1S/C12H14N2O3S2/c1-18-10-5-3-2-4-8(10)13-12(17)14-7-19-6-9(14)11(15)16/h2-5,9H,6-7H2,1H3,(H,13,17)(H,15,16). The number of thioether (sulfide) groups is 2. The highest BCUT2D eigenvalue weighted by Crippen LogP contribution is 2.27. The van der Waals surface area contributed by atoms with Crippen molar-refractivity contribution < 1.29 is 14.7 Å². The molecule has 1 saturated heterocycles. The molecule has 1 aliphatic heterocycles. The zero-order valence-electron chi connectivity index (χ0n) is 10.3. The van der Waals surface area contributed by atoms with E-state index < -0.39 is 12.0 Å². The third-order valence-corrected chi connectivity index (χ3v) is 4.58. The van der Waals surface area contributed by atoms with E-state index >= 15 is 0 Å². The quantitative estimate of drug-likeness (QED) is 0.839. The Kier molecular flexibility index (Phi) is 4.60. The van der Waals surface area contributed by atoms with Crippen LogP contribution < -0.4 is 5.32 Å². The molecular weight excluding hydrogens is 284 g/mol. The summed E-state index contributed by atoms with van der Waals surface area (Å²) in [6, 6.07) is 6.34. The van der Waals surface area contributed by atoms with E-state index in [1.807, 2.05) is 30.5 Å². The zero-order chi connectivity index (χ0) is 13.8. The number of rotatable bonds is 3. The number of carboxylic acids is 1. The fourth-order valence-corrected chi connectivity index (χ4v) is 3.48. The molecule has 1 atom stereocenters. The first-order valence-corrected chi connectivity index (χ1v) is 8.02. The van der Waals surface area contributed by atoms with Crippen molar-refractivity contribution in [3.63, 3.8) is 0 Å². The number of aliphatic carboxylic acids is 1. The van der Waals surface area contributed by atoms with Gasteiger partial charge in [0, 0.05) is 10.6 Å². The number of carbonyl (C=O) groups is 2. The summed E-state index contributed by atoms with van der Waals surface area (Å²) in [5, 5.41) is 11.8. The lowest BCUT2D eigenvalue weighted by Crippen LogP contribution is -2.44. The van der Waals surface area contributed by atoms with Crippen LogP contribution in [-0.2, 0) is 4.79 Å². The minimum atomic E-state index is -0.960. The molecule has 1 aromatic carbocycles. The fraction of sp³-hybridized carbons (Fsp3) is 0.333. The third kappa shape index (κ3) is 3.16. The molecule has 7 heteroatoms. The second-order valence-electron chi connectivity index (χ2n) is 3.95. The highest BCUT2D eigenvalue weighted by atomic mass is 32.2. The number of hydrogen-bond donors (Lipinski definition) is 2. The Hall–Kier alpha value is -1.34. The Labute approximate surface area is 119 Å². The molecule has 1 fully saturated rings. The third-order valence-electron chi connectivity index (χ3n) is 2.78. The molecule has 0 aliphatic carbocycles. The van der Waals surface area contributed by atoms with Gasteiger partial charge in [0.05, 0.1) is 11.6 Å². The summed E-state index contributed by atoms with van der Waals surface area (Å²) < 4.78 is 0.